The largest absolute Gasteiger partial charge is 0.490 e. The van der Waals surface area contributed by atoms with E-state index in [4.69, 9.17) is 14.7 Å². The molecular formula is C13H16BrNO2. The normalized spacial score (nSPS) is 11.0. The minimum Gasteiger partial charge on any atom is -0.490 e. The van der Waals surface area contributed by atoms with Crippen molar-refractivity contribution in [2.75, 3.05) is 13.2 Å². The molecule has 0 bridgehead atoms. The van der Waals surface area contributed by atoms with Crippen LogP contribution in [-0.2, 0) is 4.74 Å². The van der Waals surface area contributed by atoms with Crippen LogP contribution in [0.5, 0.6) is 5.75 Å². The lowest BCUT2D eigenvalue weighted by atomic mass is 10.2. The Morgan fingerprint density at radius 1 is 1.29 bits per heavy atom. The Bertz CT molecular complexity index is 418. The van der Waals surface area contributed by atoms with Gasteiger partial charge in [-0.2, -0.15) is 5.26 Å². The number of rotatable bonds is 4. The van der Waals surface area contributed by atoms with Gasteiger partial charge in [-0.25, -0.2) is 0 Å². The van der Waals surface area contributed by atoms with Crippen LogP contribution < -0.4 is 4.74 Å². The van der Waals surface area contributed by atoms with Gasteiger partial charge in [-0.15, -0.1) is 0 Å². The van der Waals surface area contributed by atoms with E-state index in [1.54, 1.807) is 18.2 Å². The fourth-order valence-electron chi connectivity index (χ4n) is 1.19. The summed E-state index contributed by atoms with van der Waals surface area (Å²) < 4.78 is 11.9. The minimum atomic E-state index is -0.148. The summed E-state index contributed by atoms with van der Waals surface area (Å²) >= 11 is 3.36. The first-order chi connectivity index (χ1) is 7.92. The number of nitrogens with zero attached hydrogens (tertiary/aromatic N) is 1. The number of halogens is 1. The molecule has 0 aliphatic rings. The highest BCUT2D eigenvalue weighted by atomic mass is 79.9. The highest BCUT2D eigenvalue weighted by Crippen LogP contribution is 2.25. The van der Waals surface area contributed by atoms with E-state index in [1.807, 2.05) is 20.8 Å². The Hall–Kier alpha value is -1.05. The van der Waals surface area contributed by atoms with Crippen LogP contribution in [0.3, 0.4) is 0 Å². The highest BCUT2D eigenvalue weighted by molar-refractivity contribution is 9.10. The van der Waals surface area contributed by atoms with E-state index in [1.165, 1.54) is 0 Å². The van der Waals surface area contributed by atoms with Crippen molar-refractivity contribution < 1.29 is 9.47 Å². The van der Waals surface area contributed by atoms with Gasteiger partial charge in [0.15, 0.2) is 0 Å². The lowest BCUT2D eigenvalue weighted by Gasteiger charge is -2.19. The van der Waals surface area contributed by atoms with E-state index in [-0.39, 0.29) is 5.60 Å². The van der Waals surface area contributed by atoms with Crippen LogP contribution in [0.25, 0.3) is 0 Å². The molecule has 0 fully saturated rings. The summed E-state index contributed by atoms with van der Waals surface area (Å²) in [5.74, 6) is 0.724. The van der Waals surface area contributed by atoms with Gasteiger partial charge in [0.25, 0.3) is 0 Å². The lowest BCUT2D eigenvalue weighted by molar-refractivity contribution is -0.0163. The molecular weight excluding hydrogens is 282 g/mol. The zero-order valence-electron chi connectivity index (χ0n) is 10.3. The van der Waals surface area contributed by atoms with Gasteiger partial charge < -0.3 is 9.47 Å². The first-order valence-electron chi connectivity index (χ1n) is 5.39. The average molecular weight is 298 g/mol. The van der Waals surface area contributed by atoms with Crippen molar-refractivity contribution in [2.45, 2.75) is 26.4 Å². The van der Waals surface area contributed by atoms with Gasteiger partial charge in [0.05, 0.1) is 28.3 Å². The van der Waals surface area contributed by atoms with Crippen molar-refractivity contribution in [3.63, 3.8) is 0 Å². The zero-order chi connectivity index (χ0) is 12.9. The highest BCUT2D eigenvalue weighted by Gasteiger charge is 2.09. The van der Waals surface area contributed by atoms with Crippen LogP contribution >= 0.6 is 15.9 Å². The monoisotopic (exact) mass is 297 g/mol. The van der Waals surface area contributed by atoms with E-state index in [9.17, 15) is 0 Å². The first kappa shape index (κ1) is 14.0. The summed E-state index contributed by atoms with van der Waals surface area (Å²) in [7, 11) is 0. The van der Waals surface area contributed by atoms with Crippen LogP contribution in [0.4, 0.5) is 0 Å². The molecule has 1 aromatic carbocycles. The summed E-state index contributed by atoms with van der Waals surface area (Å²) in [4.78, 5) is 0. The average Bonchev–Trinajstić information content (AvgIpc) is 2.24. The fraction of sp³-hybridized carbons (Fsp3) is 0.462. The molecule has 3 nitrogen and oxygen atoms in total. The summed E-state index contributed by atoms with van der Waals surface area (Å²) in [6.07, 6.45) is 0. The summed E-state index contributed by atoms with van der Waals surface area (Å²) in [5, 5.41) is 8.72. The summed E-state index contributed by atoms with van der Waals surface area (Å²) in [6, 6.07) is 7.31. The molecule has 0 heterocycles. The SMILES string of the molecule is CC(C)(C)OCCOc1ccc(C#N)cc1Br. The number of hydrogen-bond donors (Lipinski definition) is 0. The van der Waals surface area contributed by atoms with Crippen molar-refractivity contribution in [3.05, 3.63) is 28.2 Å². The van der Waals surface area contributed by atoms with Crippen LogP contribution in [0.1, 0.15) is 26.3 Å². The van der Waals surface area contributed by atoms with Crippen LogP contribution in [0, 0.1) is 11.3 Å². The molecule has 0 aromatic heterocycles. The van der Waals surface area contributed by atoms with Gasteiger partial charge in [0, 0.05) is 0 Å². The number of benzene rings is 1. The molecule has 0 amide bonds. The minimum absolute atomic E-state index is 0.148. The van der Waals surface area contributed by atoms with Gasteiger partial charge >= 0.3 is 0 Å². The smallest absolute Gasteiger partial charge is 0.133 e. The molecule has 0 spiro atoms. The molecule has 0 atom stereocenters. The Kier molecular flexibility index (Phi) is 4.98. The van der Waals surface area contributed by atoms with Crippen molar-refractivity contribution in [1.29, 1.82) is 5.26 Å². The maximum atomic E-state index is 8.72. The molecule has 0 saturated heterocycles. The van der Waals surface area contributed by atoms with E-state index in [0.717, 1.165) is 10.2 Å². The molecule has 1 rings (SSSR count). The third-order valence-electron chi connectivity index (χ3n) is 1.94. The molecule has 0 N–H and O–H groups in total. The Morgan fingerprint density at radius 3 is 2.53 bits per heavy atom. The molecule has 4 heteroatoms. The Labute approximate surface area is 110 Å². The summed E-state index contributed by atoms with van der Waals surface area (Å²) in [6.45, 7) is 7.04. The second-order valence-electron chi connectivity index (χ2n) is 4.57. The zero-order valence-corrected chi connectivity index (χ0v) is 11.9. The molecule has 92 valence electrons. The van der Waals surface area contributed by atoms with Crippen molar-refractivity contribution in [2.24, 2.45) is 0 Å². The lowest BCUT2D eigenvalue weighted by Crippen LogP contribution is -2.22. The topological polar surface area (TPSA) is 42.2 Å². The van der Waals surface area contributed by atoms with E-state index in [0.29, 0.717) is 18.8 Å². The molecule has 0 radical (unpaired) electrons. The van der Waals surface area contributed by atoms with Crippen LogP contribution in [0.15, 0.2) is 22.7 Å². The second-order valence-corrected chi connectivity index (χ2v) is 5.42. The van der Waals surface area contributed by atoms with Crippen LogP contribution in [-0.4, -0.2) is 18.8 Å². The third-order valence-corrected chi connectivity index (χ3v) is 2.56. The standard InChI is InChI=1S/C13H16BrNO2/c1-13(2,3)17-7-6-16-12-5-4-10(9-15)8-11(12)14/h4-5,8H,6-7H2,1-3H3. The van der Waals surface area contributed by atoms with Gasteiger partial charge in [0.1, 0.15) is 12.4 Å². The third kappa shape index (κ3) is 5.20. The molecule has 0 unspecified atom stereocenters. The predicted molar refractivity (Wildman–Crippen MR) is 70.1 cm³/mol. The van der Waals surface area contributed by atoms with E-state index in [2.05, 4.69) is 22.0 Å². The van der Waals surface area contributed by atoms with Crippen molar-refractivity contribution in [1.82, 2.24) is 0 Å². The molecule has 17 heavy (non-hydrogen) atoms. The Morgan fingerprint density at radius 2 is 2.00 bits per heavy atom. The molecule has 1 aromatic rings. The molecule has 0 saturated carbocycles. The van der Waals surface area contributed by atoms with Gasteiger partial charge in [-0.05, 0) is 54.9 Å². The fourth-order valence-corrected chi connectivity index (χ4v) is 1.68. The number of hydrogen-bond acceptors (Lipinski definition) is 3. The van der Waals surface area contributed by atoms with Crippen LogP contribution in [0.2, 0.25) is 0 Å². The van der Waals surface area contributed by atoms with E-state index < -0.39 is 0 Å². The first-order valence-corrected chi connectivity index (χ1v) is 6.18. The number of ether oxygens (including phenoxy) is 2. The predicted octanol–water partition coefficient (Wildman–Crippen LogP) is 3.51. The van der Waals surface area contributed by atoms with Gasteiger partial charge in [0.2, 0.25) is 0 Å². The maximum Gasteiger partial charge on any atom is 0.133 e. The molecule has 0 aliphatic heterocycles. The van der Waals surface area contributed by atoms with Gasteiger partial charge in [-0.3, -0.25) is 0 Å². The Balaban J connectivity index is 2.45. The van der Waals surface area contributed by atoms with Crippen molar-refractivity contribution in [3.8, 4) is 11.8 Å². The van der Waals surface area contributed by atoms with E-state index >= 15 is 0 Å². The quantitative estimate of drug-likeness (QED) is 0.799. The van der Waals surface area contributed by atoms with Gasteiger partial charge in [-0.1, -0.05) is 0 Å². The second kappa shape index (κ2) is 6.04. The summed E-state index contributed by atoms with van der Waals surface area (Å²) in [5.41, 5.74) is 0.459. The van der Waals surface area contributed by atoms with Crippen molar-refractivity contribution >= 4 is 15.9 Å². The maximum absolute atomic E-state index is 8.72. The molecule has 0 aliphatic carbocycles. The number of nitriles is 1.